The van der Waals surface area contributed by atoms with Gasteiger partial charge in [0, 0.05) is 11.3 Å². The maximum Gasteiger partial charge on any atom is 0.255 e. The number of carbonyl (C=O) groups is 1. The number of anilines is 2. The molecule has 2 aromatic rings. The molecule has 2 aromatic carbocycles. The molecular formula is C16H17BrN2O3. The summed E-state index contributed by atoms with van der Waals surface area (Å²) in [6.07, 6.45) is 0. The summed E-state index contributed by atoms with van der Waals surface area (Å²) in [5.41, 5.74) is 7.41. The highest BCUT2D eigenvalue weighted by molar-refractivity contribution is 9.10. The second kappa shape index (κ2) is 7.17. The molecule has 0 saturated carbocycles. The lowest BCUT2D eigenvalue weighted by atomic mass is 10.2. The Bertz CT molecular complexity index is 689. The molecule has 0 spiro atoms. The Morgan fingerprint density at radius 1 is 1.23 bits per heavy atom. The lowest BCUT2D eigenvalue weighted by Crippen LogP contribution is -2.12. The first-order valence-electron chi connectivity index (χ1n) is 6.72. The third-order valence-electron chi connectivity index (χ3n) is 2.98. The third-order valence-corrected chi connectivity index (χ3v) is 3.60. The fourth-order valence-electron chi connectivity index (χ4n) is 1.93. The van der Waals surface area contributed by atoms with Gasteiger partial charge in [0.1, 0.15) is 11.5 Å². The van der Waals surface area contributed by atoms with Crippen LogP contribution in [0.3, 0.4) is 0 Å². The third kappa shape index (κ3) is 3.71. The molecule has 2 rings (SSSR count). The van der Waals surface area contributed by atoms with Crippen LogP contribution in [0.2, 0.25) is 0 Å². The smallest absolute Gasteiger partial charge is 0.255 e. The fourth-order valence-corrected chi connectivity index (χ4v) is 2.42. The number of nitrogens with one attached hydrogen (secondary N) is 1. The second-order valence-electron chi connectivity index (χ2n) is 4.49. The van der Waals surface area contributed by atoms with Gasteiger partial charge in [-0.15, -0.1) is 0 Å². The van der Waals surface area contributed by atoms with E-state index >= 15 is 0 Å². The number of hydrogen-bond acceptors (Lipinski definition) is 4. The largest absolute Gasteiger partial charge is 0.495 e. The van der Waals surface area contributed by atoms with Crippen molar-refractivity contribution in [3.8, 4) is 11.5 Å². The van der Waals surface area contributed by atoms with E-state index in [0.717, 1.165) is 4.47 Å². The van der Waals surface area contributed by atoms with E-state index in [1.807, 2.05) is 6.92 Å². The fraction of sp³-hybridized carbons (Fsp3) is 0.188. The molecule has 0 aromatic heterocycles. The van der Waals surface area contributed by atoms with Gasteiger partial charge in [0.15, 0.2) is 0 Å². The molecule has 116 valence electrons. The van der Waals surface area contributed by atoms with Crippen LogP contribution in [-0.4, -0.2) is 19.6 Å². The number of benzene rings is 2. The van der Waals surface area contributed by atoms with Crippen molar-refractivity contribution in [2.24, 2.45) is 0 Å². The molecule has 0 heterocycles. The number of rotatable bonds is 5. The number of methoxy groups -OCH3 is 1. The standard InChI is InChI=1S/C16H17BrN2O3/c1-3-22-14-6-4-10(8-12(14)17)16(20)19-11-5-7-15(21-2)13(18)9-11/h4-9H,3,18H2,1-2H3,(H,19,20). The van der Waals surface area contributed by atoms with Crippen LogP contribution in [0.25, 0.3) is 0 Å². The van der Waals surface area contributed by atoms with Crippen LogP contribution in [0.1, 0.15) is 17.3 Å². The van der Waals surface area contributed by atoms with Crippen molar-refractivity contribution in [2.75, 3.05) is 24.8 Å². The zero-order chi connectivity index (χ0) is 16.1. The Hall–Kier alpha value is -2.21. The minimum atomic E-state index is -0.228. The van der Waals surface area contributed by atoms with Crippen molar-refractivity contribution in [1.29, 1.82) is 0 Å². The molecule has 0 bridgehead atoms. The lowest BCUT2D eigenvalue weighted by molar-refractivity contribution is 0.102. The topological polar surface area (TPSA) is 73.6 Å². The normalized spacial score (nSPS) is 10.1. The van der Waals surface area contributed by atoms with Crippen molar-refractivity contribution >= 4 is 33.2 Å². The number of amides is 1. The van der Waals surface area contributed by atoms with Crippen LogP contribution in [0.4, 0.5) is 11.4 Å². The molecular weight excluding hydrogens is 348 g/mol. The number of nitrogen functional groups attached to an aromatic ring is 1. The summed E-state index contributed by atoms with van der Waals surface area (Å²) in [5, 5.41) is 2.79. The van der Waals surface area contributed by atoms with Crippen LogP contribution in [0.15, 0.2) is 40.9 Å². The van der Waals surface area contributed by atoms with E-state index in [4.69, 9.17) is 15.2 Å². The highest BCUT2D eigenvalue weighted by atomic mass is 79.9. The summed E-state index contributed by atoms with van der Waals surface area (Å²) in [6.45, 7) is 2.47. The van der Waals surface area contributed by atoms with Crippen molar-refractivity contribution in [2.45, 2.75) is 6.92 Å². The Morgan fingerprint density at radius 3 is 2.55 bits per heavy atom. The van der Waals surface area contributed by atoms with Gasteiger partial charge in [-0.1, -0.05) is 0 Å². The zero-order valence-corrected chi connectivity index (χ0v) is 13.9. The number of hydrogen-bond donors (Lipinski definition) is 2. The maximum absolute atomic E-state index is 12.3. The summed E-state index contributed by atoms with van der Waals surface area (Å²) in [6, 6.07) is 10.3. The Balaban J connectivity index is 2.15. The molecule has 0 atom stereocenters. The van der Waals surface area contributed by atoms with Crippen molar-refractivity contribution in [3.05, 3.63) is 46.4 Å². The Labute approximate surface area is 137 Å². The number of ether oxygens (including phenoxy) is 2. The van der Waals surface area contributed by atoms with Gasteiger partial charge in [-0.05, 0) is 59.3 Å². The molecule has 0 fully saturated rings. The van der Waals surface area contributed by atoms with Gasteiger partial charge in [-0.3, -0.25) is 4.79 Å². The van der Waals surface area contributed by atoms with Crippen LogP contribution in [0.5, 0.6) is 11.5 Å². The number of nitrogens with two attached hydrogens (primary N) is 1. The van der Waals surface area contributed by atoms with E-state index in [1.54, 1.807) is 43.5 Å². The molecule has 5 nitrogen and oxygen atoms in total. The van der Waals surface area contributed by atoms with Gasteiger partial charge in [0.2, 0.25) is 0 Å². The summed E-state index contributed by atoms with van der Waals surface area (Å²) in [5.74, 6) is 1.04. The highest BCUT2D eigenvalue weighted by Gasteiger charge is 2.10. The van der Waals surface area contributed by atoms with Crippen molar-refractivity contribution in [3.63, 3.8) is 0 Å². The average molecular weight is 365 g/mol. The molecule has 0 unspecified atom stereocenters. The van der Waals surface area contributed by atoms with E-state index in [9.17, 15) is 4.79 Å². The van der Waals surface area contributed by atoms with Gasteiger partial charge >= 0.3 is 0 Å². The second-order valence-corrected chi connectivity index (χ2v) is 5.34. The first-order valence-corrected chi connectivity index (χ1v) is 7.51. The van der Waals surface area contributed by atoms with E-state index in [2.05, 4.69) is 21.2 Å². The monoisotopic (exact) mass is 364 g/mol. The van der Waals surface area contributed by atoms with Gasteiger partial charge < -0.3 is 20.5 Å². The molecule has 0 saturated heterocycles. The average Bonchev–Trinajstić information content (AvgIpc) is 2.49. The quantitative estimate of drug-likeness (QED) is 0.793. The SMILES string of the molecule is CCOc1ccc(C(=O)Nc2ccc(OC)c(N)c2)cc1Br. The van der Waals surface area contributed by atoms with Gasteiger partial charge in [-0.25, -0.2) is 0 Å². The van der Waals surface area contributed by atoms with Crippen molar-refractivity contribution in [1.82, 2.24) is 0 Å². The number of halogens is 1. The number of carbonyl (C=O) groups excluding carboxylic acids is 1. The molecule has 0 aliphatic heterocycles. The van der Waals surface area contributed by atoms with Gasteiger partial charge in [-0.2, -0.15) is 0 Å². The first kappa shape index (κ1) is 16.2. The predicted molar refractivity (Wildman–Crippen MR) is 90.7 cm³/mol. The Kier molecular flexibility index (Phi) is 5.27. The van der Waals surface area contributed by atoms with Crippen LogP contribution in [-0.2, 0) is 0 Å². The predicted octanol–water partition coefficient (Wildman–Crippen LogP) is 3.69. The molecule has 3 N–H and O–H groups in total. The molecule has 0 radical (unpaired) electrons. The summed E-state index contributed by atoms with van der Waals surface area (Å²) >= 11 is 3.39. The van der Waals surface area contributed by atoms with E-state index in [1.165, 1.54) is 0 Å². The van der Waals surface area contributed by atoms with E-state index in [0.29, 0.717) is 35.0 Å². The Morgan fingerprint density at radius 2 is 1.95 bits per heavy atom. The summed E-state index contributed by atoms with van der Waals surface area (Å²) in [7, 11) is 1.54. The summed E-state index contributed by atoms with van der Waals surface area (Å²) < 4.78 is 11.2. The van der Waals surface area contributed by atoms with E-state index in [-0.39, 0.29) is 5.91 Å². The zero-order valence-electron chi connectivity index (χ0n) is 12.4. The van der Waals surface area contributed by atoms with Crippen LogP contribution < -0.4 is 20.5 Å². The molecule has 0 aliphatic rings. The minimum Gasteiger partial charge on any atom is -0.495 e. The molecule has 0 aliphatic carbocycles. The molecule has 1 amide bonds. The highest BCUT2D eigenvalue weighted by Crippen LogP contribution is 2.27. The van der Waals surface area contributed by atoms with Crippen molar-refractivity contribution < 1.29 is 14.3 Å². The van der Waals surface area contributed by atoms with E-state index < -0.39 is 0 Å². The molecule has 6 heteroatoms. The summed E-state index contributed by atoms with van der Waals surface area (Å²) in [4.78, 5) is 12.3. The molecule has 22 heavy (non-hydrogen) atoms. The lowest BCUT2D eigenvalue weighted by Gasteiger charge is -2.10. The van der Waals surface area contributed by atoms with Crippen LogP contribution >= 0.6 is 15.9 Å². The first-order chi connectivity index (χ1) is 10.5. The minimum absolute atomic E-state index is 0.228. The van der Waals surface area contributed by atoms with Crippen LogP contribution in [0, 0.1) is 0 Å². The van der Waals surface area contributed by atoms with Gasteiger partial charge in [0.05, 0.1) is 23.9 Å². The van der Waals surface area contributed by atoms with Gasteiger partial charge in [0.25, 0.3) is 5.91 Å². The maximum atomic E-state index is 12.3.